The van der Waals surface area contributed by atoms with E-state index in [2.05, 4.69) is 9.88 Å². The van der Waals surface area contributed by atoms with E-state index in [1.165, 1.54) is 18.9 Å². The molecule has 7 heteroatoms. The van der Waals surface area contributed by atoms with Gasteiger partial charge in [-0.3, -0.25) is 0 Å². The van der Waals surface area contributed by atoms with Crippen molar-refractivity contribution in [1.29, 1.82) is 0 Å². The van der Waals surface area contributed by atoms with Crippen molar-refractivity contribution < 1.29 is 22.6 Å². The van der Waals surface area contributed by atoms with E-state index >= 15 is 0 Å². The molecule has 0 amide bonds. The first-order valence-electron chi connectivity index (χ1n) is 9.02. The molecule has 3 heterocycles. The van der Waals surface area contributed by atoms with Crippen molar-refractivity contribution in [3.05, 3.63) is 23.4 Å². The van der Waals surface area contributed by atoms with E-state index in [1.807, 2.05) is 6.07 Å². The molecule has 1 aromatic heterocycles. The average molecular weight is 358 g/mol. The molecule has 1 fully saturated rings. The molecule has 1 atom stereocenters. The highest BCUT2D eigenvalue weighted by Crippen LogP contribution is 2.22. The minimum Gasteiger partial charge on any atom is -0.468 e. The molecular formula is C18H25F3N2O2. The Morgan fingerprint density at radius 1 is 1.20 bits per heavy atom. The maximum atomic E-state index is 12.3. The monoisotopic (exact) mass is 358 g/mol. The summed E-state index contributed by atoms with van der Waals surface area (Å²) in [7, 11) is 0. The lowest BCUT2D eigenvalue weighted by Gasteiger charge is -2.26. The zero-order valence-electron chi connectivity index (χ0n) is 14.4. The second-order valence-corrected chi connectivity index (χ2v) is 6.78. The summed E-state index contributed by atoms with van der Waals surface area (Å²) in [6.45, 7) is 2.39. The number of hydrogen-bond donors (Lipinski definition) is 0. The number of aromatic nitrogens is 1. The van der Waals surface area contributed by atoms with Crippen molar-refractivity contribution in [2.24, 2.45) is 0 Å². The molecule has 0 aromatic carbocycles. The highest BCUT2D eigenvalue weighted by molar-refractivity contribution is 5.27. The maximum Gasteiger partial charge on any atom is 0.422 e. The number of alkyl halides is 3. The van der Waals surface area contributed by atoms with Gasteiger partial charge in [-0.25, -0.2) is 4.98 Å². The Balaban J connectivity index is 1.50. The highest BCUT2D eigenvalue weighted by Gasteiger charge is 2.29. The molecule has 1 saturated heterocycles. The molecule has 0 N–H and O–H groups in total. The summed E-state index contributed by atoms with van der Waals surface area (Å²) in [4.78, 5) is 6.69. The van der Waals surface area contributed by atoms with Gasteiger partial charge in [0.15, 0.2) is 6.61 Å². The van der Waals surface area contributed by atoms with Crippen molar-refractivity contribution in [3.8, 4) is 5.88 Å². The molecule has 1 unspecified atom stereocenters. The van der Waals surface area contributed by atoms with Crippen LogP contribution in [0, 0.1) is 0 Å². The lowest BCUT2D eigenvalue weighted by molar-refractivity contribution is -0.154. The molecule has 3 rings (SSSR count). The fraction of sp³-hybridized carbons (Fsp3) is 0.722. The predicted octanol–water partition coefficient (Wildman–Crippen LogP) is 3.38. The molecule has 0 radical (unpaired) electrons. The zero-order chi connectivity index (χ0) is 17.7. The van der Waals surface area contributed by atoms with Crippen molar-refractivity contribution in [3.63, 3.8) is 0 Å². The van der Waals surface area contributed by atoms with Crippen LogP contribution in [0.1, 0.15) is 36.9 Å². The largest absolute Gasteiger partial charge is 0.468 e. The van der Waals surface area contributed by atoms with Crippen LogP contribution in [0.25, 0.3) is 0 Å². The molecular weight excluding hydrogens is 333 g/mol. The number of rotatable bonds is 5. The van der Waals surface area contributed by atoms with Crippen LogP contribution in [0.4, 0.5) is 13.2 Å². The van der Waals surface area contributed by atoms with Crippen LogP contribution in [0.15, 0.2) is 12.1 Å². The number of halogens is 3. The predicted molar refractivity (Wildman–Crippen MR) is 87.8 cm³/mol. The van der Waals surface area contributed by atoms with E-state index < -0.39 is 12.8 Å². The van der Waals surface area contributed by atoms with Gasteiger partial charge in [-0.05, 0) is 37.7 Å². The van der Waals surface area contributed by atoms with Gasteiger partial charge in [0.25, 0.3) is 0 Å². The van der Waals surface area contributed by atoms with Crippen molar-refractivity contribution in [1.82, 2.24) is 9.88 Å². The van der Waals surface area contributed by atoms with Crippen LogP contribution in [0.5, 0.6) is 5.88 Å². The van der Waals surface area contributed by atoms with Crippen LogP contribution in [0.3, 0.4) is 0 Å². The normalized spacial score (nSPS) is 22.3. The van der Waals surface area contributed by atoms with Crippen molar-refractivity contribution in [2.75, 3.05) is 32.8 Å². The Labute approximate surface area is 146 Å². The van der Waals surface area contributed by atoms with Gasteiger partial charge in [-0.15, -0.1) is 0 Å². The fourth-order valence-corrected chi connectivity index (χ4v) is 3.43. The van der Waals surface area contributed by atoms with E-state index in [-0.39, 0.29) is 5.88 Å². The minimum absolute atomic E-state index is 0.0557. The number of ether oxygens (including phenoxy) is 2. The van der Waals surface area contributed by atoms with Gasteiger partial charge in [0.1, 0.15) is 0 Å². The average Bonchev–Trinajstić information content (AvgIpc) is 2.80. The van der Waals surface area contributed by atoms with E-state index in [9.17, 15) is 13.2 Å². The summed E-state index contributed by atoms with van der Waals surface area (Å²) < 4.78 is 47.3. The smallest absolute Gasteiger partial charge is 0.422 e. The second kappa shape index (κ2) is 8.36. The van der Waals surface area contributed by atoms with Crippen LogP contribution in [0.2, 0.25) is 0 Å². The topological polar surface area (TPSA) is 34.6 Å². The molecule has 0 aliphatic carbocycles. The number of nitrogens with zero attached hydrogens (tertiary/aromatic N) is 2. The molecule has 2 aliphatic heterocycles. The minimum atomic E-state index is -4.34. The summed E-state index contributed by atoms with van der Waals surface area (Å²) in [5.41, 5.74) is 1.96. The molecule has 25 heavy (non-hydrogen) atoms. The molecule has 2 aliphatic rings. The lowest BCUT2D eigenvalue weighted by atomic mass is 10.1. The molecule has 0 bridgehead atoms. The lowest BCUT2D eigenvalue weighted by Crippen LogP contribution is -2.31. The van der Waals surface area contributed by atoms with Crippen LogP contribution in [-0.4, -0.2) is 55.0 Å². The van der Waals surface area contributed by atoms with Crippen LogP contribution >= 0.6 is 0 Å². The molecule has 1 aromatic rings. The van der Waals surface area contributed by atoms with Crippen LogP contribution in [-0.2, 0) is 17.6 Å². The summed E-state index contributed by atoms with van der Waals surface area (Å²) in [6, 6.07) is 3.39. The summed E-state index contributed by atoms with van der Waals surface area (Å²) >= 11 is 0. The number of fused-ring (bicyclic) bond motifs is 1. The highest BCUT2D eigenvalue weighted by atomic mass is 19.4. The summed E-state index contributed by atoms with van der Waals surface area (Å²) in [5, 5.41) is 0. The first kappa shape index (κ1) is 18.5. The SMILES string of the molecule is FC(F)(F)COc1ccc2c(n1)CCN(CCC1CCCCO1)CC2. The van der Waals surface area contributed by atoms with Gasteiger partial charge in [-0.2, -0.15) is 13.2 Å². The van der Waals surface area contributed by atoms with Gasteiger partial charge in [0.2, 0.25) is 5.88 Å². The van der Waals surface area contributed by atoms with Crippen molar-refractivity contribution in [2.45, 2.75) is 50.8 Å². The number of pyridine rings is 1. The van der Waals surface area contributed by atoms with Gasteiger partial charge < -0.3 is 14.4 Å². The van der Waals surface area contributed by atoms with Gasteiger partial charge in [0, 0.05) is 44.4 Å². The number of hydrogen-bond acceptors (Lipinski definition) is 4. The Bertz CT molecular complexity index is 560. The van der Waals surface area contributed by atoms with E-state index in [0.717, 1.165) is 63.2 Å². The third kappa shape index (κ3) is 5.85. The molecule has 4 nitrogen and oxygen atoms in total. The first-order chi connectivity index (χ1) is 12.0. The summed E-state index contributed by atoms with van der Waals surface area (Å²) in [6.07, 6.45) is 2.25. The molecule has 0 spiro atoms. The van der Waals surface area contributed by atoms with Crippen molar-refractivity contribution >= 4 is 0 Å². The fourth-order valence-electron chi connectivity index (χ4n) is 3.43. The Hall–Kier alpha value is -1.34. The maximum absolute atomic E-state index is 12.3. The third-order valence-corrected chi connectivity index (χ3v) is 4.83. The first-order valence-corrected chi connectivity index (χ1v) is 9.02. The Morgan fingerprint density at radius 2 is 2.04 bits per heavy atom. The van der Waals surface area contributed by atoms with E-state index in [4.69, 9.17) is 9.47 Å². The zero-order valence-corrected chi connectivity index (χ0v) is 14.4. The third-order valence-electron chi connectivity index (χ3n) is 4.83. The van der Waals surface area contributed by atoms with Gasteiger partial charge >= 0.3 is 6.18 Å². The Morgan fingerprint density at radius 3 is 2.80 bits per heavy atom. The van der Waals surface area contributed by atoms with Crippen LogP contribution < -0.4 is 4.74 Å². The Kier molecular flexibility index (Phi) is 6.17. The molecule has 140 valence electrons. The standard InChI is InChI=1S/C18H25F3N2O2/c19-18(20,21)13-25-17-5-4-14-6-9-23(11-8-16(14)22-17)10-7-15-3-1-2-12-24-15/h4-5,15H,1-3,6-13H2. The van der Waals surface area contributed by atoms with Gasteiger partial charge in [0.05, 0.1) is 6.10 Å². The summed E-state index contributed by atoms with van der Waals surface area (Å²) in [5.74, 6) is 0.0557. The molecule has 0 saturated carbocycles. The van der Waals surface area contributed by atoms with E-state index in [0.29, 0.717) is 6.10 Å². The van der Waals surface area contributed by atoms with E-state index in [1.54, 1.807) is 0 Å². The van der Waals surface area contributed by atoms with Gasteiger partial charge in [-0.1, -0.05) is 6.07 Å². The quantitative estimate of drug-likeness (QED) is 0.808. The second-order valence-electron chi connectivity index (χ2n) is 6.78.